The van der Waals surface area contributed by atoms with Crippen molar-refractivity contribution in [2.24, 2.45) is 0 Å². The lowest BCUT2D eigenvalue weighted by Gasteiger charge is -2.20. The third-order valence-corrected chi connectivity index (χ3v) is 4.88. The molecule has 3 aromatic rings. The molecule has 0 saturated carbocycles. The number of anilines is 2. The lowest BCUT2D eigenvalue weighted by molar-refractivity contribution is -0.117. The number of rotatable bonds is 4. The Balaban J connectivity index is 1.60. The molecule has 29 heavy (non-hydrogen) atoms. The Morgan fingerprint density at radius 1 is 1.14 bits per heavy atom. The van der Waals surface area contributed by atoms with Crippen LogP contribution in [0.15, 0.2) is 35.4 Å². The molecule has 0 aliphatic carbocycles. The molecule has 2 aromatic heterocycles. The lowest BCUT2D eigenvalue weighted by Crippen LogP contribution is -2.28. The predicted octanol–water partition coefficient (Wildman–Crippen LogP) is 2.19. The molecule has 1 saturated heterocycles. The quantitative estimate of drug-likeness (QED) is 0.723. The molecule has 3 heterocycles. The van der Waals surface area contributed by atoms with Crippen molar-refractivity contribution < 1.29 is 13.6 Å². The minimum absolute atomic E-state index is 0.293. The maximum absolute atomic E-state index is 13.7. The van der Waals surface area contributed by atoms with Gasteiger partial charge in [-0.3, -0.25) is 4.79 Å². The number of amides is 1. The molecule has 152 valence electrons. The van der Waals surface area contributed by atoms with E-state index in [-0.39, 0.29) is 5.69 Å². The van der Waals surface area contributed by atoms with Gasteiger partial charge < -0.3 is 10.2 Å². The van der Waals surface area contributed by atoms with E-state index in [2.05, 4.69) is 20.3 Å². The van der Waals surface area contributed by atoms with E-state index in [4.69, 9.17) is 0 Å². The topological polar surface area (TPSA) is 84.5 Å². The maximum atomic E-state index is 13.7. The highest BCUT2D eigenvalue weighted by Crippen LogP contribution is 2.20. The summed E-state index contributed by atoms with van der Waals surface area (Å²) in [6.45, 7) is 1.22. The van der Waals surface area contributed by atoms with E-state index in [1.807, 2.05) is 0 Å². The molecule has 0 radical (unpaired) electrons. The van der Waals surface area contributed by atoms with Crippen LogP contribution in [0, 0.1) is 11.6 Å². The van der Waals surface area contributed by atoms with Gasteiger partial charge in [0.25, 0.3) is 0 Å². The molecule has 0 bridgehead atoms. The molecular weight excluding hydrogens is 382 g/mol. The van der Waals surface area contributed by atoms with Crippen LogP contribution in [0.4, 0.5) is 20.3 Å². The molecule has 8 nitrogen and oxygen atoms in total. The van der Waals surface area contributed by atoms with Gasteiger partial charge in [-0.25, -0.2) is 27.6 Å². The zero-order valence-corrected chi connectivity index (χ0v) is 15.6. The SMILES string of the molecule is O=C(Cn1nc2c(N3CCCCCC3)nccn2c1=O)Nc1cc(F)ccc1F. The average molecular weight is 402 g/mol. The van der Waals surface area contributed by atoms with E-state index in [1.165, 1.54) is 16.8 Å². The number of halogens is 2. The molecule has 0 spiro atoms. The number of hydrogen-bond acceptors (Lipinski definition) is 5. The zero-order valence-electron chi connectivity index (χ0n) is 15.6. The van der Waals surface area contributed by atoms with E-state index >= 15 is 0 Å². The van der Waals surface area contributed by atoms with Gasteiger partial charge in [0.15, 0.2) is 5.82 Å². The van der Waals surface area contributed by atoms with Crippen molar-refractivity contribution in [3.05, 3.63) is 52.7 Å². The molecule has 0 unspecified atom stereocenters. The van der Waals surface area contributed by atoms with E-state index in [0.29, 0.717) is 11.5 Å². The normalized spacial score (nSPS) is 14.8. The third-order valence-electron chi connectivity index (χ3n) is 4.88. The number of carbonyl (C=O) groups excluding carboxylic acids is 1. The van der Waals surface area contributed by atoms with Crippen LogP contribution in [0.2, 0.25) is 0 Å². The summed E-state index contributed by atoms with van der Waals surface area (Å²) < 4.78 is 29.3. The number of carbonyl (C=O) groups is 1. The van der Waals surface area contributed by atoms with Crippen LogP contribution in [-0.4, -0.2) is 38.2 Å². The van der Waals surface area contributed by atoms with Crippen molar-refractivity contribution in [3.8, 4) is 0 Å². The van der Waals surface area contributed by atoms with Crippen molar-refractivity contribution in [3.63, 3.8) is 0 Å². The third kappa shape index (κ3) is 3.96. The standard InChI is InChI=1S/C19H20F2N6O2/c20-13-5-6-14(21)15(11-13)23-16(28)12-27-19(29)26-10-7-22-17(18(26)24-27)25-8-3-1-2-4-9-25/h5-7,10-11H,1-4,8-9,12H2,(H,23,28). The molecule has 10 heteroatoms. The molecule has 1 aromatic carbocycles. The number of hydrogen-bond donors (Lipinski definition) is 1. The lowest BCUT2D eigenvalue weighted by atomic mass is 10.2. The summed E-state index contributed by atoms with van der Waals surface area (Å²) in [6, 6.07) is 2.75. The first kappa shape index (κ1) is 19.0. The van der Waals surface area contributed by atoms with Crippen molar-refractivity contribution in [1.29, 1.82) is 0 Å². The van der Waals surface area contributed by atoms with Gasteiger partial charge in [0, 0.05) is 31.5 Å². The smallest absolute Gasteiger partial charge is 0.350 e. The van der Waals surface area contributed by atoms with Crippen molar-refractivity contribution in [2.45, 2.75) is 32.2 Å². The second-order valence-electron chi connectivity index (χ2n) is 6.96. The van der Waals surface area contributed by atoms with Gasteiger partial charge in [0.05, 0.1) is 5.69 Å². The molecular formula is C19H20F2N6O2. The first-order valence-corrected chi connectivity index (χ1v) is 9.47. The summed E-state index contributed by atoms with van der Waals surface area (Å²) in [6.07, 6.45) is 7.40. The first-order chi connectivity index (χ1) is 14.0. The fraction of sp³-hybridized carbons (Fsp3) is 0.368. The van der Waals surface area contributed by atoms with Gasteiger partial charge in [-0.15, -0.1) is 5.10 Å². The minimum atomic E-state index is -0.769. The van der Waals surface area contributed by atoms with Gasteiger partial charge in [0.1, 0.15) is 18.2 Å². The number of aromatic nitrogens is 4. The summed E-state index contributed by atoms with van der Waals surface area (Å²) in [5, 5.41) is 6.54. The highest BCUT2D eigenvalue weighted by molar-refractivity contribution is 5.90. The zero-order chi connectivity index (χ0) is 20.4. The van der Waals surface area contributed by atoms with Crippen LogP contribution in [0.3, 0.4) is 0 Å². The molecule has 1 amide bonds. The molecule has 1 aliphatic rings. The Morgan fingerprint density at radius 3 is 2.66 bits per heavy atom. The number of nitrogens with one attached hydrogen (secondary N) is 1. The van der Waals surface area contributed by atoms with Crippen molar-refractivity contribution in [1.82, 2.24) is 19.2 Å². The van der Waals surface area contributed by atoms with Gasteiger partial charge in [-0.1, -0.05) is 12.8 Å². The van der Waals surface area contributed by atoms with Gasteiger partial charge >= 0.3 is 5.69 Å². The fourth-order valence-electron chi connectivity index (χ4n) is 3.46. The highest BCUT2D eigenvalue weighted by Gasteiger charge is 2.19. The Kier molecular flexibility index (Phi) is 5.24. The van der Waals surface area contributed by atoms with E-state index in [1.54, 1.807) is 0 Å². The summed E-state index contributed by atoms with van der Waals surface area (Å²) in [4.78, 5) is 31.4. The summed E-state index contributed by atoms with van der Waals surface area (Å²) in [5.74, 6) is -1.54. The summed E-state index contributed by atoms with van der Waals surface area (Å²) in [5.41, 5.74) is -0.434. The largest absolute Gasteiger partial charge is 0.353 e. The monoisotopic (exact) mass is 402 g/mol. The number of benzene rings is 1. The minimum Gasteiger partial charge on any atom is -0.353 e. The second-order valence-corrected chi connectivity index (χ2v) is 6.96. The molecule has 1 fully saturated rings. The van der Waals surface area contributed by atoms with Crippen LogP contribution in [-0.2, 0) is 11.3 Å². The van der Waals surface area contributed by atoms with Gasteiger partial charge in [-0.05, 0) is 25.0 Å². The van der Waals surface area contributed by atoms with Gasteiger partial charge in [0.2, 0.25) is 11.6 Å². The Morgan fingerprint density at radius 2 is 1.90 bits per heavy atom. The number of nitrogens with zero attached hydrogens (tertiary/aromatic N) is 5. The maximum Gasteiger partial charge on any atom is 0.350 e. The van der Waals surface area contributed by atoms with Crippen LogP contribution in [0.5, 0.6) is 0 Å². The molecule has 1 N–H and O–H groups in total. The summed E-state index contributed by atoms with van der Waals surface area (Å²) >= 11 is 0. The van der Waals surface area contributed by atoms with Crippen LogP contribution < -0.4 is 15.9 Å². The Hall–Kier alpha value is -3.30. The highest BCUT2D eigenvalue weighted by atomic mass is 19.1. The Bertz CT molecular complexity index is 1100. The van der Waals surface area contributed by atoms with E-state index in [0.717, 1.165) is 61.7 Å². The fourth-order valence-corrected chi connectivity index (χ4v) is 3.46. The predicted molar refractivity (Wildman–Crippen MR) is 103 cm³/mol. The van der Waals surface area contributed by atoms with E-state index in [9.17, 15) is 18.4 Å². The molecule has 0 atom stereocenters. The van der Waals surface area contributed by atoms with Crippen LogP contribution >= 0.6 is 0 Å². The van der Waals surface area contributed by atoms with Crippen molar-refractivity contribution >= 4 is 23.1 Å². The van der Waals surface area contributed by atoms with Gasteiger partial charge in [-0.2, -0.15) is 0 Å². The van der Waals surface area contributed by atoms with Crippen molar-refractivity contribution in [2.75, 3.05) is 23.3 Å². The molecule has 4 rings (SSSR count). The van der Waals surface area contributed by atoms with E-state index < -0.39 is 29.8 Å². The second kappa shape index (κ2) is 7.98. The molecule has 1 aliphatic heterocycles. The average Bonchev–Trinajstić information content (AvgIpc) is 2.88. The van der Waals surface area contributed by atoms with Crippen LogP contribution in [0.25, 0.3) is 5.65 Å². The number of fused-ring (bicyclic) bond motifs is 1. The summed E-state index contributed by atoms with van der Waals surface area (Å²) in [7, 11) is 0. The Labute approximate surface area is 164 Å². The van der Waals surface area contributed by atoms with Crippen LogP contribution in [0.1, 0.15) is 25.7 Å². The first-order valence-electron chi connectivity index (χ1n) is 9.47.